The van der Waals surface area contributed by atoms with E-state index in [-0.39, 0.29) is 0 Å². The molecular formula is C15H25NO2. The molecule has 1 atom stereocenters. The lowest BCUT2D eigenvalue weighted by molar-refractivity contribution is 0.0473. The Hall–Kier alpha value is -1.06. The number of rotatable bonds is 7. The highest BCUT2D eigenvalue weighted by molar-refractivity contribution is 5.32. The zero-order valence-electron chi connectivity index (χ0n) is 11.9. The zero-order valence-corrected chi connectivity index (χ0v) is 11.9. The second kappa shape index (κ2) is 6.76. The topological polar surface area (TPSA) is 41.5 Å². The third kappa shape index (κ3) is 4.67. The van der Waals surface area contributed by atoms with Crippen LogP contribution in [-0.4, -0.2) is 24.3 Å². The van der Waals surface area contributed by atoms with Crippen LogP contribution in [0.15, 0.2) is 24.3 Å². The molecule has 0 bridgehead atoms. The summed E-state index contributed by atoms with van der Waals surface area (Å²) in [5.74, 6) is 0.812. The molecule has 0 heterocycles. The first-order valence-electron chi connectivity index (χ1n) is 6.65. The van der Waals surface area contributed by atoms with Gasteiger partial charge in [0.05, 0.1) is 12.2 Å². The maximum Gasteiger partial charge on any atom is 0.119 e. The lowest BCUT2D eigenvalue weighted by Gasteiger charge is -2.25. The minimum absolute atomic E-state index is 0.440. The average molecular weight is 251 g/mol. The van der Waals surface area contributed by atoms with Crippen molar-refractivity contribution >= 4 is 0 Å². The molecular weight excluding hydrogens is 226 g/mol. The van der Waals surface area contributed by atoms with Crippen molar-refractivity contribution in [2.45, 2.75) is 45.8 Å². The number of benzene rings is 1. The summed E-state index contributed by atoms with van der Waals surface area (Å²) in [4.78, 5) is 0. The number of nitrogens with one attached hydrogen (secondary N) is 1. The van der Waals surface area contributed by atoms with Gasteiger partial charge in [-0.25, -0.2) is 0 Å². The molecule has 0 saturated heterocycles. The van der Waals surface area contributed by atoms with E-state index in [0.717, 1.165) is 17.9 Å². The van der Waals surface area contributed by atoms with Crippen molar-refractivity contribution in [3.63, 3.8) is 0 Å². The van der Waals surface area contributed by atoms with Gasteiger partial charge in [0.25, 0.3) is 0 Å². The van der Waals surface area contributed by atoms with E-state index in [4.69, 9.17) is 4.74 Å². The Morgan fingerprint density at radius 1 is 1.39 bits per heavy atom. The molecule has 3 nitrogen and oxygen atoms in total. The van der Waals surface area contributed by atoms with Crippen LogP contribution < -0.4 is 10.1 Å². The molecule has 0 saturated carbocycles. The van der Waals surface area contributed by atoms with Crippen LogP contribution in [0.3, 0.4) is 0 Å². The monoisotopic (exact) mass is 251 g/mol. The van der Waals surface area contributed by atoms with Gasteiger partial charge >= 0.3 is 0 Å². The molecule has 0 amide bonds. The summed E-state index contributed by atoms with van der Waals surface area (Å²) in [6, 6.07) is 8.13. The Bertz CT molecular complexity index is 361. The van der Waals surface area contributed by atoms with E-state index in [1.54, 1.807) is 0 Å². The minimum Gasteiger partial charge on any atom is -0.494 e. The molecule has 1 unspecified atom stereocenters. The van der Waals surface area contributed by atoms with Gasteiger partial charge in [-0.3, -0.25) is 0 Å². The maximum absolute atomic E-state index is 10.5. The molecule has 0 aliphatic rings. The van der Waals surface area contributed by atoms with Crippen molar-refractivity contribution in [1.29, 1.82) is 0 Å². The third-order valence-corrected chi connectivity index (χ3v) is 2.93. The predicted molar refractivity (Wildman–Crippen MR) is 74.9 cm³/mol. The summed E-state index contributed by atoms with van der Waals surface area (Å²) < 4.78 is 5.46. The van der Waals surface area contributed by atoms with Crippen LogP contribution >= 0.6 is 0 Å². The molecule has 102 valence electrons. The second-order valence-corrected chi connectivity index (χ2v) is 5.09. The lowest BCUT2D eigenvalue weighted by Crippen LogP contribution is -2.31. The van der Waals surface area contributed by atoms with Crippen molar-refractivity contribution in [3.8, 4) is 5.75 Å². The SMILES string of the molecule is CCOc1cccc(C(C)(O)CCNC(C)C)c1. The van der Waals surface area contributed by atoms with Gasteiger partial charge in [0.15, 0.2) is 0 Å². The van der Waals surface area contributed by atoms with E-state index >= 15 is 0 Å². The van der Waals surface area contributed by atoms with Crippen molar-refractivity contribution in [2.24, 2.45) is 0 Å². The van der Waals surface area contributed by atoms with Gasteiger partial charge < -0.3 is 15.2 Å². The fourth-order valence-electron chi connectivity index (χ4n) is 1.84. The normalized spacial score (nSPS) is 14.6. The summed E-state index contributed by atoms with van der Waals surface area (Å²) >= 11 is 0. The van der Waals surface area contributed by atoms with Gasteiger partial charge in [0.1, 0.15) is 5.75 Å². The van der Waals surface area contributed by atoms with E-state index in [2.05, 4.69) is 19.2 Å². The van der Waals surface area contributed by atoms with Gasteiger partial charge in [-0.1, -0.05) is 26.0 Å². The highest BCUT2D eigenvalue weighted by Crippen LogP contribution is 2.27. The average Bonchev–Trinajstić information content (AvgIpc) is 2.29. The fourth-order valence-corrected chi connectivity index (χ4v) is 1.84. The van der Waals surface area contributed by atoms with Gasteiger partial charge in [-0.15, -0.1) is 0 Å². The maximum atomic E-state index is 10.5. The Morgan fingerprint density at radius 3 is 2.72 bits per heavy atom. The van der Waals surface area contributed by atoms with Crippen LogP contribution in [0.2, 0.25) is 0 Å². The molecule has 0 fully saturated rings. The molecule has 0 aliphatic heterocycles. The predicted octanol–water partition coefficient (Wildman–Crippen LogP) is 2.68. The quantitative estimate of drug-likeness (QED) is 0.783. The van der Waals surface area contributed by atoms with Crippen LogP contribution in [0.1, 0.15) is 39.7 Å². The highest BCUT2D eigenvalue weighted by atomic mass is 16.5. The van der Waals surface area contributed by atoms with Crippen molar-refractivity contribution in [2.75, 3.05) is 13.2 Å². The summed E-state index contributed by atoms with van der Waals surface area (Å²) in [5, 5.41) is 13.8. The molecule has 0 aromatic heterocycles. The van der Waals surface area contributed by atoms with Crippen LogP contribution in [0.5, 0.6) is 5.75 Å². The molecule has 3 heteroatoms. The molecule has 1 rings (SSSR count). The summed E-state index contributed by atoms with van der Waals surface area (Å²) in [7, 11) is 0. The smallest absolute Gasteiger partial charge is 0.119 e. The van der Waals surface area contributed by atoms with Crippen LogP contribution in [-0.2, 0) is 5.60 Å². The molecule has 0 radical (unpaired) electrons. The number of ether oxygens (including phenoxy) is 1. The molecule has 1 aromatic rings. The number of aliphatic hydroxyl groups is 1. The fraction of sp³-hybridized carbons (Fsp3) is 0.600. The summed E-state index contributed by atoms with van der Waals surface area (Å²) in [5.41, 5.74) is 0.0775. The van der Waals surface area contributed by atoms with Gasteiger partial charge in [0.2, 0.25) is 0 Å². The third-order valence-electron chi connectivity index (χ3n) is 2.93. The molecule has 1 aromatic carbocycles. The highest BCUT2D eigenvalue weighted by Gasteiger charge is 2.23. The Morgan fingerprint density at radius 2 is 2.11 bits per heavy atom. The van der Waals surface area contributed by atoms with Crippen molar-refractivity contribution < 1.29 is 9.84 Å². The van der Waals surface area contributed by atoms with Crippen LogP contribution in [0.4, 0.5) is 0 Å². The van der Waals surface area contributed by atoms with E-state index in [9.17, 15) is 5.11 Å². The van der Waals surface area contributed by atoms with Crippen molar-refractivity contribution in [1.82, 2.24) is 5.32 Å². The first-order chi connectivity index (χ1) is 8.45. The first kappa shape index (κ1) is 15.0. The lowest BCUT2D eigenvalue weighted by atomic mass is 9.92. The standard InChI is InChI=1S/C15H25NO2/c1-5-18-14-8-6-7-13(11-14)15(4,17)9-10-16-12(2)3/h6-8,11-12,16-17H,5,9-10H2,1-4H3. The van der Waals surface area contributed by atoms with E-state index < -0.39 is 5.60 Å². The number of hydrogen-bond acceptors (Lipinski definition) is 3. The molecule has 18 heavy (non-hydrogen) atoms. The van der Waals surface area contributed by atoms with Gasteiger partial charge in [-0.2, -0.15) is 0 Å². The minimum atomic E-state index is -0.824. The zero-order chi connectivity index (χ0) is 13.6. The van der Waals surface area contributed by atoms with Crippen molar-refractivity contribution in [3.05, 3.63) is 29.8 Å². The van der Waals surface area contributed by atoms with Gasteiger partial charge in [-0.05, 0) is 44.5 Å². The van der Waals surface area contributed by atoms with Crippen LogP contribution in [0, 0.1) is 0 Å². The molecule has 0 aliphatic carbocycles. The largest absolute Gasteiger partial charge is 0.494 e. The van der Waals surface area contributed by atoms with E-state index in [1.807, 2.05) is 38.1 Å². The van der Waals surface area contributed by atoms with Crippen LogP contribution in [0.25, 0.3) is 0 Å². The first-order valence-corrected chi connectivity index (χ1v) is 6.65. The summed E-state index contributed by atoms with van der Waals surface area (Å²) in [6.07, 6.45) is 0.681. The molecule has 2 N–H and O–H groups in total. The Labute approximate surface area is 110 Å². The Balaban J connectivity index is 2.67. The molecule has 0 spiro atoms. The Kier molecular flexibility index (Phi) is 5.63. The van der Waals surface area contributed by atoms with E-state index in [1.165, 1.54) is 0 Å². The summed E-state index contributed by atoms with van der Waals surface area (Å²) in [6.45, 7) is 9.44. The second-order valence-electron chi connectivity index (χ2n) is 5.09. The van der Waals surface area contributed by atoms with Gasteiger partial charge in [0, 0.05) is 6.04 Å². The number of hydrogen-bond donors (Lipinski definition) is 2. The van der Waals surface area contributed by atoms with E-state index in [0.29, 0.717) is 19.1 Å².